The van der Waals surface area contributed by atoms with Crippen LogP contribution in [0.4, 0.5) is 23.2 Å². The molecule has 0 saturated carbocycles. The van der Waals surface area contributed by atoms with Gasteiger partial charge >= 0.3 is 0 Å². The minimum Gasteiger partial charge on any atom is -0.317 e. The Morgan fingerprint density at radius 1 is 1.15 bits per heavy atom. The monoisotopic (exact) mass is 304 g/mol. The second kappa shape index (κ2) is 5.46. The van der Waals surface area contributed by atoms with Crippen LogP contribution in [0.3, 0.4) is 0 Å². The van der Waals surface area contributed by atoms with E-state index in [1.807, 2.05) is 0 Å². The van der Waals surface area contributed by atoms with Crippen molar-refractivity contribution in [2.45, 2.75) is 0 Å². The lowest BCUT2D eigenvalue weighted by Crippen LogP contribution is -2.16. The third-order valence-corrected chi connectivity index (χ3v) is 2.67. The summed E-state index contributed by atoms with van der Waals surface area (Å²) in [4.78, 5) is 15.4. The van der Waals surface area contributed by atoms with E-state index in [4.69, 9.17) is 11.6 Å². The minimum atomic E-state index is -1.71. The smallest absolute Gasteiger partial charge is 0.257 e. The van der Waals surface area contributed by atoms with Gasteiger partial charge in [-0.05, 0) is 6.07 Å². The highest BCUT2D eigenvalue weighted by Gasteiger charge is 2.22. The van der Waals surface area contributed by atoms with Crippen LogP contribution < -0.4 is 5.32 Å². The van der Waals surface area contributed by atoms with Gasteiger partial charge in [0.15, 0.2) is 23.3 Å². The molecule has 1 amide bonds. The van der Waals surface area contributed by atoms with Crippen LogP contribution in [0.25, 0.3) is 0 Å². The predicted octanol–water partition coefficient (Wildman–Crippen LogP) is 3.54. The summed E-state index contributed by atoms with van der Waals surface area (Å²) in [6.45, 7) is 0. The summed E-state index contributed by atoms with van der Waals surface area (Å²) in [6.07, 6.45) is 2.36. The average Bonchev–Trinajstić information content (AvgIpc) is 2.41. The zero-order valence-electron chi connectivity index (χ0n) is 9.55. The van der Waals surface area contributed by atoms with Crippen molar-refractivity contribution in [3.63, 3.8) is 0 Å². The molecule has 0 atom stereocenters. The molecule has 0 unspecified atom stereocenters. The van der Waals surface area contributed by atoms with Crippen LogP contribution in [-0.4, -0.2) is 10.9 Å². The van der Waals surface area contributed by atoms with E-state index >= 15 is 0 Å². The van der Waals surface area contributed by atoms with Gasteiger partial charge < -0.3 is 5.32 Å². The fourth-order valence-corrected chi connectivity index (χ4v) is 1.63. The van der Waals surface area contributed by atoms with Gasteiger partial charge in [-0.25, -0.2) is 17.6 Å². The second-order valence-corrected chi connectivity index (χ2v) is 4.06. The van der Waals surface area contributed by atoms with Crippen LogP contribution in [0.15, 0.2) is 24.5 Å². The number of anilines is 1. The molecule has 1 aromatic carbocycles. The molecule has 0 aliphatic heterocycles. The Kier molecular flexibility index (Phi) is 3.89. The van der Waals surface area contributed by atoms with Gasteiger partial charge in [-0.1, -0.05) is 11.6 Å². The maximum atomic E-state index is 13.4. The molecule has 0 bridgehead atoms. The summed E-state index contributed by atoms with van der Waals surface area (Å²) in [5, 5.41) is 1.66. The summed E-state index contributed by atoms with van der Waals surface area (Å²) < 4.78 is 52.7. The van der Waals surface area contributed by atoms with Crippen molar-refractivity contribution in [3.8, 4) is 0 Å². The summed E-state index contributed by atoms with van der Waals surface area (Å²) in [7, 11) is 0. The van der Waals surface area contributed by atoms with Crippen LogP contribution >= 0.6 is 11.6 Å². The molecule has 1 heterocycles. The Hall–Kier alpha value is -2.15. The van der Waals surface area contributed by atoms with E-state index in [2.05, 4.69) is 4.98 Å². The summed E-state index contributed by atoms with van der Waals surface area (Å²) >= 11 is 5.67. The van der Waals surface area contributed by atoms with E-state index in [9.17, 15) is 22.4 Å². The Morgan fingerprint density at radius 3 is 2.30 bits per heavy atom. The lowest BCUT2D eigenvalue weighted by atomic mass is 10.2. The number of rotatable bonds is 2. The molecule has 0 aliphatic rings. The number of hydrogen-bond donors (Lipinski definition) is 1. The number of aromatic nitrogens is 1. The first-order valence-electron chi connectivity index (χ1n) is 5.15. The Morgan fingerprint density at radius 2 is 1.75 bits per heavy atom. The molecule has 0 saturated heterocycles. The van der Waals surface area contributed by atoms with Gasteiger partial charge in [0, 0.05) is 18.5 Å². The van der Waals surface area contributed by atoms with Crippen molar-refractivity contribution in [2.75, 3.05) is 5.32 Å². The zero-order chi connectivity index (χ0) is 14.9. The van der Waals surface area contributed by atoms with Gasteiger partial charge in [-0.15, -0.1) is 0 Å². The SMILES string of the molecule is O=C(Nc1c(F)c(F)cc(F)c1F)c1ccncc1Cl. The molecule has 3 nitrogen and oxygen atoms in total. The second-order valence-electron chi connectivity index (χ2n) is 3.65. The van der Waals surface area contributed by atoms with Crippen LogP contribution in [0.1, 0.15) is 10.4 Å². The van der Waals surface area contributed by atoms with Crippen molar-refractivity contribution >= 4 is 23.2 Å². The lowest BCUT2D eigenvalue weighted by Gasteiger charge is -2.09. The predicted molar refractivity (Wildman–Crippen MR) is 63.5 cm³/mol. The molecule has 20 heavy (non-hydrogen) atoms. The van der Waals surface area contributed by atoms with Crippen molar-refractivity contribution in [3.05, 3.63) is 58.4 Å². The molecule has 1 N–H and O–H groups in total. The van der Waals surface area contributed by atoms with Gasteiger partial charge in [0.1, 0.15) is 5.69 Å². The van der Waals surface area contributed by atoms with Gasteiger partial charge in [-0.3, -0.25) is 9.78 Å². The molecular formula is C12H5ClF4N2O. The fourth-order valence-electron chi connectivity index (χ4n) is 1.42. The number of amides is 1. The summed E-state index contributed by atoms with van der Waals surface area (Å²) in [5.74, 6) is -7.69. The molecule has 2 aromatic rings. The van der Waals surface area contributed by atoms with Gasteiger partial charge in [0.25, 0.3) is 5.91 Å². The van der Waals surface area contributed by atoms with E-state index < -0.39 is 34.9 Å². The van der Waals surface area contributed by atoms with Crippen LogP contribution in [-0.2, 0) is 0 Å². The molecular weight excluding hydrogens is 300 g/mol. The van der Waals surface area contributed by atoms with Gasteiger partial charge in [0.05, 0.1) is 10.6 Å². The van der Waals surface area contributed by atoms with E-state index in [1.54, 1.807) is 5.32 Å². The number of pyridine rings is 1. The normalized spacial score (nSPS) is 10.4. The fraction of sp³-hybridized carbons (Fsp3) is 0. The highest BCUT2D eigenvalue weighted by Crippen LogP contribution is 2.25. The van der Waals surface area contributed by atoms with Crippen molar-refractivity contribution in [1.82, 2.24) is 4.98 Å². The molecule has 1 aromatic heterocycles. The molecule has 104 valence electrons. The number of carbonyl (C=O) groups excluding carboxylic acids is 1. The third-order valence-electron chi connectivity index (χ3n) is 2.37. The van der Waals surface area contributed by atoms with E-state index in [-0.39, 0.29) is 16.7 Å². The van der Waals surface area contributed by atoms with Crippen LogP contribution in [0, 0.1) is 23.3 Å². The number of benzene rings is 1. The first-order valence-corrected chi connectivity index (χ1v) is 5.53. The Labute approximate surface area is 115 Å². The van der Waals surface area contributed by atoms with E-state index in [0.717, 1.165) is 6.20 Å². The van der Waals surface area contributed by atoms with Crippen molar-refractivity contribution in [1.29, 1.82) is 0 Å². The quantitative estimate of drug-likeness (QED) is 0.681. The molecule has 0 aliphatic carbocycles. The first kappa shape index (κ1) is 14.3. The molecule has 0 radical (unpaired) electrons. The zero-order valence-corrected chi connectivity index (χ0v) is 10.3. The summed E-state index contributed by atoms with van der Waals surface area (Å²) in [6, 6.07) is 1.23. The highest BCUT2D eigenvalue weighted by molar-refractivity contribution is 6.34. The third kappa shape index (κ3) is 2.57. The lowest BCUT2D eigenvalue weighted by molar-refractivity contribution is 0.102. The largest absolute Gasteiger partial charge is 0.317 e. The van der Waals surface area contributed by atoms with E-state index in [1.165, 1.54) is 12.3 Å². The highest BCUT2D eigenvalue weighted by atomic mass is 35.5. The topological polar surface area (TPSA) is 42.0 Å². The summed E-state index contributed by atoms with van der Waals surface area (Å²) in [5.41, 5.74) is -1.37. The molecule has 0 spiro atoms. The van der Waals surface area contributed by atoms with E-state index in [0.29, 0.717) is 0 Å². The van der Waals surface area contributed by atoms with Crippen LogP contribution in [0.2, 0.25) is 5.02 Å². The molecule has 8 heteroatoms. The number of nitrogens with one attached hydrogen (secondary N) is 1. The van der Waals surface area contributed by atoms with Crippen LogP contribution in [0.5, 0.6) is 0 Å². The average molecular weight is 305 g/mol. The molecule has 2 rings (SSSR count). The van der Waals surface area contributed by atoms with Crippen molar-refractivity contribution in [2.24, 2.45) is 0 Å². The molecule has 0 fully saturated rings. The number of hydrogen-bond acceptors (Lipinski definition) is 2. The number of halogens is 5. The van der Waals surface area contributed by atoms with Crippen molar-refractivity contribution < 1.29 is 22.4 Å². The van der Waals surface area contributed by atoms with Gasteiger partial charge in [0.2, 0.25) is 0 Å². The number of carbonyl (C=O) groups is 1. The van der Waals surface area contributed by atoms with Gasteiger partial charge in [-0.2, -0.15) is 0 Å². The number of nitrogens with zero attached hydrogens (tertiary/aromatic N) is 1. The standard InChI is InChI=1S/C12H5ClF4N2O/c13-6-4-18-2-1-5(6)12(20)19-11-9(16)7(14)3-8(15)10(11)17/h1-4H,(H,19,20). The Balaban J connectivity index is 2.41. The maximum Gasteiger partial charge on any atom is 0.257 e. The Bertz CT molecular complexity index is 667. The maximum absolute atomic E-state index is 13.4. The first-order chi connectivity index (χ1) is 9.41. The minimum absolute atomic E-state index is 0.0414.